The Morgan fingerprint density at radius 1 is 1.40 bits per heavy atom. The van der Waals surface area contributed by atoms with E-state index in [1.165, 1.54) is 25.7 Å². The molecule has 0 bridgehead atoms. The molecule has 82 valence electrons. The first kappa shape index (κ1) is 10.6. The Kier molecular flexibility index (Phi) is 3.37. The maximum atomic E-state index is 4.30. The van der Waals surface area contributed by atoms with Gasteiger partial charge in [-0.15, -0.1) is 0 Å². The highest BCUT2D eigenvalue weighted by atomic mass is 14.9. The predicted octanol–water partition coefficient (Wildman–Crippen LogP) is 2.75. The third-order valence-electron chi connectivity index (χ3n) is 3.27. The Morgan fingerprint density at radius 2 is 2.27 bits per heavy atom. The van der Waals surface area contributed by atoms with Crippen molar-refractivity contribution < 1.29 is 0 Å². The van der Waals surface area contributed by atoms with E-state index in [2.05, 4.69) is 23.3 Å². The molecule has 0 spiro atoms. The van der Waals surface area contributed by atoms with Gasteiger partial charge in [-0.25, -0.2) is 0 Å². The molecule has 15 heavy (non-hydrogen) atoms. The van der Waals surface area contributed by atoms with Crippen LogP contribution in [-0.2, 0) is 6.54 Å². The van der Waals surface area contributed by atoms with Gasteiger partial charge < -0.3 is 5.32 Å². The van der Waals surface area contributed by atoms with Crippen LogP contribution < -0.4 is 5.32 Å². The summed E-state index contributed by atoms with van der Waals surface area (Å²) in [5, 5.41) is 3.53. The zero-order valence-corrected chi connectivity index (χ0v) is 9.50. The highest BCUT2D eigenvalue weighted by Crippen LogP contribution is 2.48. The summed E-state index contributed by atoms with van der Waals surface area (Å²) < 4.78 is 0. The molecule has 0 amide bonds. The Morgan fingerprint density at radius 3 is 2.87 bits per heavy atom. The minimum Gasteiger partial charge on any atom is -0.311 e. The summed E-state index contributed by atoms with van der Waals surface area (Å²) in [4.78, 5) is 4.30. The van der Waals surface area contributed by atoms with Crippen molar-refractivity contribution in [2.45, 2.75) is 39.2 Å². The Labute approximate surface area is 92.1 Å². The van der Waals surface area contributed by atoms with Gasteiger partial charge >= 0.3 is 0 Å². The fourth-order valence-corrected chi connectivity index (χ4v) is 2.18. The van der Waals surface area contributed by atoms with Crippen molar-refractivity contribution in [3.8, 4) is 0 Å². The monoisotopic (exact) mass is 204 g/mol. The lowest BCUT2D eigenvalue weighted by Gasteiger charge is -2.14. The molecule has 2 rings (SSSR count). The first-order valence-corrected chi connectivity index (χ1v) is 5.95. The molecule has 1 aromatic rings. The average Bonchev–Trinajstić information content (AvgIpc) is 3.00. The number of rotatable bonds is 6. The molecule has 2 heteroatoms. The fraction of sp³-hybridized carbons (Fsp3) is 0.615. The van der Waals surface area contributed by atoms with Crippen LogP contribution in [0.2, 0.25) is 0 Å². The van der Waals surface area contributed by atoms with E-state index in [0.717, 1.165) is 18.8 Å². The fourth-order valence-electron chi connectivity index (χ4n) is 2.18. The molecule has 0 aliphatic heterocycles. The molecular weight excluding hydrogens is 184 g/mol. The number of hydrogen-bond acceptors (Lipinski definition) is 2. The molecule has 1 fully saturated rings. The predicted molar refractivity (Wildman–Crippen MR) is 62.5 cm³/mol. The van der Waals surface area contributed by atoms with Crippen molar-refractivity contribution in [1.82, 2.24) is 10.3 Å². The summed E-state index contributed by atoms with van der Waals surface area (Å²) in [5.74, 6) is 0. The van der Waals surface area contributed by atoms with Gasteiger partial charge in [0.05, 0.1) is 5.69 Å². The van der Waals surface area contributed by atoms with E-state index < -0.39 is 0 Å². The quantitative estimate of drug-likeness (QED) is 0.770. The van der Waals surface area contributed by atoms with Crippen LogP contribution in [0.1, 0.15) is 38.3 Å². The van der Waals surface area contributed by atoms with Gasteiger partial charge in [-0.1, -0.05) is 19.4 Å². The van der Waals surface area contributed by atoms with Crippen molar-refractivity contribution >= 4 is 0 Å². The Hall–Kier alpha value is -0.890. The zero-order valence-electron chi connectivity index (χ0n) is 9.50. The topological polar surface area (TPSA) is 24.9 Å². The van der Waals surface area contributed by atoms with Crippen molar-refractivity contribution in [3.05, 3.63) is 30.1 Å². The average molecular weight is 204 g/mol. The van der Waals surface area contributed by atoms with E-state index >= 15 is 0 Å². The standard InChI is InChI=1S/C13H20N2/c1-2-6-13(7-8-13)11-14-10-12-5-3-4-9-15-12/h3-5,9,14H,2,6-8,10-11H2,1H3. The van der Waals surface area contributed by atoms with Crippen LogP contribution in [0.15, 0.2) is 24.4 Å². The van der Waals surface area contributed by atoms with Crippen molar-refractivity contribution in [2.24, 2.45) is 5.41 Å². The van der Waals surface area contributed by atoms with Gasteiger partial charge in [0.1, 0.15) is 0 Å². The van der Waals surface area contributed by atoms with Gasteiger partial charge in [0.2, 0.25) is 0 Å². The molecule has 0 saturated heterocycles. The molecule has 0 unspecified atom stereocenters. The summed E-state index contributed by atoms with van der Waals surface area (Å²) in [5.41, 5.74) is 1.79. The summed E-state index contributed by atoms with van der Waals surface area (Å²) in [6, 6.07) is 6.08. The number of hydrogen-bond donors (Lipinski definition) is 1. The normalized spacial score (nSPS) is 17.7. The minimum absolute atomic E-state index is 0.642. The first-order valence-electron chi connectivity index (χ1n) is 5.95. The summed E-state index contributed by atoms with van der Waals surface area (Å²) >= 11 is 0. The zero-order chi connectivity index (χ0) is 10.6. The molecule has 0 radical (unpaired) electrons. The summed E-state index contributed by atoms with van der Waals surface area (Å²) in [6.45, 7) is 4.35. The largest absolute Gasteiger partial charge is 0.311 e. The number of pyridine rings is 1. The summed E-state index contributed by atoms with van der Waals surface area (Å²) in [7, 11) is 0. The maximum Gasteiger partial charge on any atom is 0.0541 e. The smallest absolute Gasteiger partial charge is 0.0541 e. The second-order valence-electron chi connectivity index (χ2n) is 4.67. The lowest BCUT2D eigenvalue weighted by atomic mass is 10.0. The van der Waals surface area contributed by atoms with E-state index in [9.17, 15) is 0 Å². The highest BCUT2D eigenvalue weighted by molar-refractivity contribution is 5.03. The van der Waals surface area contributed by atoms with Crippen LogP contribution >= 0.6 is 0 Å². The van der Waals surface area contributed by atoms with Gasteiger partial charge in [0.25, 0.3) is 0 Å². The highest BCUT2D eigenvalue weighted by Gasteiger charge is 2.40. The van der Waals surface area contributed by atoms with Crippen LogP contribution in [0.3, 0.4) is 0 Å². The lowest BCUT2D eigenvalue weighted by molar-refractivity contribution is 0.419. The SMILES string of the molecule is CCCC1(CNCc2ccccn2)CC1. The lowest BCUT2D eigenvalue weighted by Crippen LogP contribution is -2.23. The van der Waals surface area contributed by atoms with E-state index in [-0.39, 0.29) is 0 Å². The minimum atomic E-state index is 0.642. The van der Waals surface area contributed by atoms with Gasteiger partial charge in [-0.05, 0) is 36.8 Å². The summed E-state index contributed by atoms with van der Waals surface area (Å²) in [6.07, 6.45) is 7.37. The Balaban J connectivity index is 1.71. The van der Waals surface area contributed by atoms with Crippen molar-refractivity contribution in [2.75, 3.05) is 6.54 Å². The van der Waals surface area contributed by atoms with Crippen molar-refractivity contribution in [3.63, 3.8) is 0 Å². The van der Waals surface area contributed by atoms with E-state index in [1.54, 1.807) is 0 Å². The Bertz CT molecular complexity index is 291. The van der Waals surface area contributed by atoms with Crippen molar-refractivity contribution in [1.29, 1.82) is 0 Å². The second-order valence-corrected chi connectivity index (χ2v) is 4.67. The van der Waals surface area contributed by atoms with Gasteiger partial charge in [-0.3, -0.25) is 4.98 Å². The van der Waals surface area contributed by atoms with Gasteiger partial charge in [0.15, 0.2) is 0 Å². The molecule has 1 saturated carbocycles. The van der Waals surface area contributed by atoms with Crippen LogP contribution in [0.5, 0.6) is 0 Å². The molecular formula is C13H20N2. The van der Waals surface area contributed by atoms with Gasteiger partial charge in [0, 0.05) is 19.3 Å². The molecule has 1 aliphatic rings. The maximum absolute atomic E-state index is 4.30. The molecule has 1 aliphatic carbocycles. The van der Waals surface area contributed by atoms with Crippen LogP contribution in [0.4, 0.5) is 0 Å². The van der Waals surface area contributed by atoms with Gasteiger partial charge in [-0.2, -0.15) is 0 Å². The molecule has 0 atom stereocenters. The molecule has 0 aromatic carbocycles. The third kappa shape index (κ3) is 3.03. The number of nitrogens with zero attached hydrogens (tertiary/aromatic N) is 1. The van der Waals surface area contributed by atoms with Crippen LogP contribution in [0, 0.1) is 5.41 Å². The number of nitrogens with one attached hydrogen (secondary N) is 1. The van der Waals surface area contributed by atoms with E-state index in [0.29, 0.717) is 5.41 Å². The van der Waals surface area contributed by atoms with Crippen LogP contribution in [-0.4, -0.2) is 11.5 Å². The first-order chi connectivity index (χ1) is 7.35. The molecule has 1 aromatic heterocycles. The van der Waals surface area contributed by atoms with E-state index in [4.69, 9.17) is 0 Å². The second kappa shape index (κ2) is 4.75. The molecule has 1 heterocycles. The van der Waals surface area contributed by atoms with Crippen LogP contribution in [0.25, 0.3) is 0 Å². The third-order valence-corrected chi connectivity index (χ3v) is 3.27. The molecule has 2 nitrogen and oxygen atoms in total. The van der Waals surface area contributed by atoms with E-state index in [1.807, 2.05) is 18.3 Å². The molecule has 1 N–H and O–H groups in total. The number of aromatic nitrogens is 1.